The summed E-state index contributed by atoms with van der Waals surface area (Å²) in [6.45, 7) is 1.00. The van der Waals surface area contributed by atoms with Crippen molar-refractivity contribution in [3.63, 3.8) is 0 Å². The lowest BCUT2D eigenvalue weighted by atomic mass is 10.4. The number of amides is 2. The normalized spacial score (nSPS) is 10.3. The van der Waals surface area contributed by atoms with Gasteiger partial charge in [-0.25, -0.2) is 4.79 Å². The van der Waals surface area contributed by atoms with Crippen LogP contribution in [0.5, 0.6) is 0 Å². The lowest BCUT2D eigenvalue weighted by Crippen LogP contribution is -2.36. The van der Waals surface area contributed by atoms with Crippen molar-refractivity contribution in [1.82, 2.24) is 10.2 Å². The minimum Gasteiger partial charge on any atom is -0.467 e. The molecule has 2 aromatic rings. The molecule has 0 saturated heterocycles. The van der Waals surface area contributed by atoms with Crippen molar-refractivity contribution in [2.75, 3.05) is 7.05 Å². The van der Waals surface area contributed by atoms with Gasteiger partial charge in [0.2, 0.25) is 0 Å². The van der Waals surface area contributed by atoms with E-state index < -0.39 is 0 Å². The highest BCUT2D eigenvalue weighted by atomic mass is 79.9. The van der Waals surface area contributed by atoms with E-state index in [1.54, 1.807) is 29.5 Å². The fourth-order valence-corrected chi connectivity index (χ4v) is 2.84. The van der Waals surface area contributed by atoms with E-state index in [0.29, 0.717) is 13.1 Å². The Labute approximate surface area is 118 Å². The second-order valence-electron chi connectivity index (χ2n) is 3.83. The Morgan fingerprint density at radius 2 is 2.44 bits per heavy atom. The molecule has 96 valence electrons. The average Bonchev–Trinajstić information content (AvgIpc) is 2.97. The molecule has 0 fully saturated rings. The van der Waals surface area contributed by atoms with Crippen molar-refractivity contribution >= 4 is 33.3 Å². The first-order chi connectivity index (χ1) is 8.65. The third-order valence-corrected chi connectivity index (χ3v) is 4.05. The highest BCUT2D eigenvalue weighted by Gasteiger charge is 2.10. The zero-order valence-corrected chi connectivity index (χ0v) is 12.3. The summed E-state index contributed by atoms with van der Waals surface area (Å²) in [6.07, 6.45) is 1.60. The van der Waals surface area contributed by atoms with Gasteiger partial charge >= 0.3 is 6.03 Å². The number of rotatable bonds is 4. The quantitative estimate of drug-likeness (QED) is 0.934. The Bertz CT molecular complexity index is 510. The molecule has 2 heterocycles. The minimum atomic E-state index is -0.115. The van der Waals surface area contributed by atoms with Crippen LogP contribution >= 0.6 is 27.3 Å². The van der Waals surface area contributed by atoms with Gasteiger partial charge in [-0.15, -0.1) is 11.3 Å². The lowest BCUT2D eigenvalue weighted by Gasteiger charge is -2.16. The molecule has 0 unspecified atom stereocenters. The zero-order valence-electron chi connectivity index (χ0n) is 9.85. The van der Waals surface area contributed by atoms with Crippen LogP contribution in [0, 0.1) is 0 Å². The number of hydrogen-bond acceptors (Lipinski definition) is 3. The number of nitrogens with one attached hydrogen (secondary N) is 1. The highest BCUT2D eigenvalue weighted by Crippen LogP contribution is 2.19. The predicted octanol–water partition coefficient (Wildman–Crippen LogP) is 3.45. The van der Waals surface area contributed by atoms with E-state index in [0.717, 1.165) is 15.1 Å². The van der Waals surface area contributed by atoms with Crippen molar-refractivity contribution in [2.24, 2.45) is 0 Å². The van der Waals surface area contributed by atoms with Crippen LogP contribution in [0.15, 0.2) is 38.7 Å². The van der Waals surface area contributed by atoms with Crippen molar-refractivity contribution in [3.05, 3.63) is 45.0 Å². The topological polar surface area (TPSA) is 45.5 Å². The number of hydrogen-bond donors (Lipinski definition) is 1. The number of carbonyl (C=O) groups is 1. The molecular weight excluding hydrogens is 316 g/mol. The van der Waals surface area contributed by atoms with Crippen LogP contribution < -0.4 is 5.32 Å². The number of halogens is 1. The minimum absolute atomic E-state index is 0.115. The Kier molecular flexibility index (Phi) is 4.43. The van der Waals surface area contributed by atoms with Crippen LogP contribution in [0.25, 0.3) is 0 Å². The number of carbonyl (C=O) groups excluding carboxylic acids is 1. The van der Waals surface area contributed by atoms with Crippen LogP contribution in [0.1, 0.15) is 10.6 Å². The Hall–Kier alpha value is -1.27. The van der Waals surface area contributed by atoms with E-state index in [1.807, 2.05) is 23.6 Å². The van der Waals surface area contributed by atoms with Gasteiger partial charge in [0.25, 0.3) is 0 Å². The van der Waals surface area contributed by atoms with Crippen molar-refractivity contribution in [3.8, 4) is 0 Å². The van der Waals surface area contributed by atoms with Gasteiger partial charge < -0.3 is 14.6 Å². The molecule has 6 heteroatoms. The Morgan fingerprint density at radius 1 is 1.61 bits per heavy atom. The molecule has 1 N–H and O–H groups in total. The first-order valence-electron chi connectivity index (χ1n) is 5.39. The Morgan fingerprint density at radius 3 is 3.06 bits per heavy atom. The van der Waals surface area contributed by atoms with Gasteiger partial charge in [-0.1, -0.05) is 0 Å². The first kappa shape index (κ1) is 13.2. The molecule has 0 aromatic carbocycles. The zero-order chi connectivity index (χ0) is 13.0. The summed E-state index contributed by atoms with van der Waals surface area (Å²) < 4.78 is 6.24. The maximum Gasteiger partial charge on any atom is 0.317 e. The van der Waals surface area contributed by atoms with Crippen molar-refractivity contribution < 1.29 is 9.21 Å². The van der Waals surface area contributed by atoms with Crippen LogP contribution in [-0.4, -0.2) is 18.0 Å². The average molecular weight is 329 g/mol. The van der Waals surface area contributed by atoms with E-state index in [9.17, 15) is 4.79 Å². The smallest absolute Gasteiger partial charge is 0.317 e. The van der Waals surface area contributed by atoms with Gasteiger partial charge in [-0.3, -0.25) is 0 Å². The second kappa shape index (κ2) is 6.06. The summed E-state index contributed by atoms with van der Waals surface area (Å²) in [5.41, 5.74) is 0. The second-order valence-corrected chi connectivity index (χ2v) is 5.74. The third-order valence-electron chi connectivity index (χ3n) is 2.36. The molecule has 4 nitrogen and oxygen atoms in total. The molecule has 0 radical (unpaired) electrons. The van der Waals surface area contributed by atoms with Crippen LogP contribution in [0.2, 0.25) is 0 Å². The Balaban J connectivity index is 1.80. The molecule has 0 atom stereocenters. The number of nitrogens with zero attached hydrogens (tertiary/aromatic N) is 1. The molecular formula is C12H13BrN2O2S. The summed E-state index contributed by atoms with van der Waals surface area (Å²) in [6, 6.07) is 5.54. The molecule has 0 aliphatic carbocycles. The lowest BCUT2D eigenvalue weighted by molar-refractivity contribution is 0.202. The van der Waals surface area contributed by atoms with E-state index in [1.165, 1.54) is 0 Å². The molecule has 2 amide bonds. The fourth-order valence-electron chi connectivity index (χ4n) is 1.45. The van der Waals surface area contributed by atoms with Gasteiger partial charge in [0.1, 0.15) is 5.76 Å². The number of thiophene rings is 1. The van der Waals surface area contributed by atoms with E-state index in [-0.39, 0.29) is 6.03 Å². The molecule has 0 aliphatic heterocycles. The van der Waals surface area contributed by atoms with Gasteiger partial charge in [0, 0.05) is 21.8 Å². The molecule has 0 bridgehead atoms. The largest absolute Gasteiger partial charge is 0.467 e. The monoisotopic (exact) mass is 328 g/mol. The van der Waals surface area contributed by atoms with Crippen molar-refractivity contribution in [1.29, 1.82) is 0 Å². The van der Waals surface area contributed by atoms with E-state index in [2.05, 4.69) is 21.2 Å². The molecule has 0 aliphatic rings. The van der Waals surface area contributed by atoms with E-state index in [4.69, 9.17) is 4.42 Å². The first-order valence-corrected chi connectivity index (χ1v) is 7.06. The van der Waals surface area contributed by atoms with Gasteiger partial charge in [0.05, 0.1) is 19.4 Å². The maximum absolute atomic E-state index is 11.8. The van der Waals surface area contributed by atoms with Crippen molar-refractivity contribution in [2.45, 2.75) is 13.1 Å². The van der Waals surface area contributed by atoms with Crippen LogP contribution in [0.3, 0.4) is 0 Å². The van der Waals surface area contributed by atoms with Crippen LogP contribution in [-0.2, 0) is 13.1 Å². The highest BCUT2D eigenvalue weighted by molar-refractivity contribution is 9.10. The summed E-state index contributed by atoms with van der Waals surface area (Å²) in [4.78, 5) is 14.5. The molecule has 0 saturated carbocycles. The molecule has 2 aromatic heterocycles. The summed E-state index contributed by atoms with van der Waals surface area (Å²) >= 11 is 4.99. The summed E-state index contributed by atoms with van der Waals surface area (Å²) in [5.74, 6) is 0.770. The molecule has 0 spiro atoms. The third kappa shape index (κ3) is 3.61. The fraction of sp³-hybridized carbons (Fsp3) is 0.250. The summed E-state index contributed by atoms with van der Waals surface area (Å²) in [7, 11) is 1.74. The summed E-state index contributed by atoms with van der Waals surface area (Å²) in [5, 5.41) is 4.85. The van der Waals surface area contributed by atoms with Gasteiger partial charge in [0.15, 0.2) is 0 Å². The molecule has 18 heavy (non-hydrogen) atoms. The van der Waals surface area contributed by atoms with Crippen LogP contribution in [0.4, 0.5) is 4.79 Å². The maximum atomic E-state index is 11.8. The van der Waals surface area contributed by atoms with Gasteiger partial charge in [-0.05, 0) is 34.1 Å². The number of furan rings is 1. The molecule has 2 rings (SSSR count). The number of urea groups is 1. The standard InChI is InChI=1S/C12H13BrN2O2S/c1-15(7-10-3-2-4-17-10)12(16)14-6-11-5-9(13)8-18-11/h2-5,8H,6-7H2,1H3,(H,14,16). The SMILES string of the molecule is CN(Cc1ccco1)C(=O)NCc1cc(Br)cs1. The van der Waals surface area contributed by atoms with E-state index >= 15 is 0 Å². The van der Waals surface area contributed by atoms with Gasteiger partial charge in [-0.2, -0.15) is 0 Å². The predicted molar refractivity (Wildman–Crippen MR) is 74.4 cm³/mol.